The first-order valence-electron chi connectivity index (χ1n) is 7.88. The van der Waals surface area contributed by atoms with Crippen LogP contribution in [-0.4, -0.2) is 30.1 Å². The first kappa shape index (κ1) is 16.3. The second-order valence-corrected chi connectivity index (χ2v) is 5.46. The van der Waals surface area contributed by atoms with Gasteiger partial charge in [-0.25, -0.2) is 0 Å². The predicted octanol–water partition coefficient (Wildman–Crippen LogP) is 2.82. The zero-order valence-corrected chi connectivity index (χ0v) is 13.6. The molecule has 0 radical (unpaired) electrons. The lowest BCUT2D eigenvalue weighted by molar-refractivity contribution is 0.0953. The number of hydrogen-bond acceptors (Lipinski definition) is 2. The second-order valence-electron chi connectivity index (χ2n) is 5.46. The van der Waals surface area contributed by atoms with Crippen molar-refractivity contribution < 1.29 is 4.79 Å². The number of aromatic nitrogens is 1. The molecule has 0 aliphatic heterocycles. The van der Waals surface area contributed by atoms with Gasteiger partial charge in [-0.2, -0.15) is 0 Å². The molecule has 0 unspecified atom stereocenters. The predicted molar refractivity (Wildman–Crippen MR) is 90.7 cm³/mol. The minimum Gasteiger partial charge on any atom is -0.351 e. The van der Waals surface area contributed by atoms with E-state index in [2.05, 4.69) is 34.3 Å². The third-order valence-electron chi connectivity index (χ3n) is 3.70. The molecule has 1 heterocycles. The van der Waals surface area contributed by atoms with Crippen LogP contribution in [0.3, 0.4) is 0 Å². The van der Waals surface area contributed by atoms with E-state index in [0.29, 0.717) is 6.54 Å². The Balaban J connectivity index is 2.08. The summed E-state index contributed by atoms with van der Waals surface area (Å²) in [5.41, 5.74) is 3.87. The van der Waals surface area contributed by atoms with Crippen molar-refractivity contribution in [3.63, 3.8) is 0 Å². The van der Waals surface area contributed by atoms with E-state index in [-0.39, 0.29) is 5.91 Å². The molecule has 0 atom stereocenters. The maximum Gasteiger partial charge on any atom is 0.253 e. The summed E-state index contributed by atoms with van der Waals surface area (Å²) in [4.78, 5) is 12.3. The highest BCUT2D eigenvalue weighted by molar-refractivity contribution is 5.95. The number of para-hydroxylation sites is 1. The van der Waals surface area contributed by atoms with Gasteiger partial charge in [0.05, 0.1) is 5.56 Å². The zero-order chi connectivity index (χ0) is 15.9. The number of benzene rings is 1. The van der Waals surface area contributed by atoms with Crippen LogP contribution in [0.25, 0.3) is 5.69 Å². The van der Waals surface area contributed by atoms with Gasteiger partial charge in [0.15, 0.2) is 0 Å². The maximum absolute atomic E-state index is 12.3. The van der Waals surface area contributed by atoms with Crippen LogP contribution in [0.4, 0.5) is 0 Å². The standard InChI is InChI=1S/C18H25N3O/c1-4-10-19-11-12-20-18(22)17-13-14(2)21(15(17)3)16-8-6-5-7-9-16/h5-9,13,19H,4,10-12H2,1-3H3,(H,20,22). The Labute approximate surface area is 132 Å². The molecule has 4 nitrogen and oxygen atoms in total. The molecule has 1 aromatic heterocycles. The molecule has 0 saturated heterocycles. The molecule has 1 aromatic carbocycles. The number of rotatable bonds is 7. The van der Waals surface area contributed by atoms with Crippen molar-refractivity contribution in [3.8, 4) is 5.69 Å². The quantitative estimate of drug-likeness (QED) is 0.772. The fourth-order valence-electron chi connectivity index (χ4n) is 2.63. The molecule has 0 fully saturated rings. The fourth-order valence-corrected chi connectivity index (χ4v) is 2.63. The molecule has 118 valence electrons. The summed E-state index contributed by atoms with van der Waals surface area (Å²) >= 11 is 0. The largest absolute Gasteiger partial charge is 0.351 e. The van der Waals surface area contributed by atoms with Gasteiger partial charge in [-0.05, 0) is 45.0 Å². The van der Waals surface area contributed by atoms with Crippen LogP contribution >= 0.6 is 0 Å². The van der Waals surface area contributed by atoms with Crippen molar-refractivity contribution in [2.24, 2.45) is 0 Å². The van der Waals surface area contributed by atoms with Gasteiger partial charge >= 0.3 is 0 Å². The van der Waals surface area contributed by atoms with E-state index >= 15 is 0 Å². The minimum atomic E-state index is -0.00594. The summed E-state index contributed by atoms with van der Waals surface area (Å²) in [6.07, 6.45) is 1.10. The van der Waals surface area contributed by atoms with Gasteiger partial charge in [0.1, 0.15) is 0 Å². The number of hydrogen-bond donors (Lipinski definition) is 2. The van der Waals surface area contributed by atoms with Crippen molar-refractivity contribution in [2.75, 3.05) is 19.6 Å². The molecular formula is C18H25N3O. The number of nitrogens with one attached hydrogen (secondary N) is 2. The molecule has 0 saturated carbocycles. The average molecular weight is 299 g/mol. The van der Waals surface area contributed by atoms with Gasteiger partial charge < -0.3 is 15.2 Å². The van der Waals surface area contributed by atoms with Gasteiger partial charge in [0.25, 0.3) is 5.91 Å². The third kappa shape index (κ3) is 3.77. The highest BCUT2D eigenvalue weighted by Crippen LogP contribution is 2.20. The van der Waals surface area contributed by atoms with E-state index < -0.39 is 0 Å². The third-order valence-corrected chi connectivity index (χ3v) is 3.70. The van der Waals surface area contributed by atoms with E-state index in [9.17, 15) is 4.79 Å². The molecular weight excluding hydrogens is 274 g/mol. The number of amides is 1. The molecule has 2 rings (SSSR count). The molecule has 0 aliphatic carbocycles. The molecule has 1 amide bonds. The van der Waals surface area contributed by atoms with Gasteiger partial charge in [-0.15, -0.1) is 0 Å². The van der Waals surface area contributed by atoms with Gasteiger partial charge in [0.2, 0.25) is 0 Å². The van der Waals surface area contributed by atoms with E-state index in [4.69, 9.17) is 0 Å². The lowest BCUT2D eigenvalue weighted by Gasteiger charge is -2.10. The highest BCUT2D eigenvalue weighted by atomic mass is 16.1. The summed E-state index contributed by atoms with van der Waals surface area (Å²) < 4.78 is 2.12. The van der Waals surface area contributed by atoms with E-state index in [1.54, 1.807) is 0 Å². The summed E-state index contributed by atoms with van der Waals surface area (Å²) in [6.45, 7) is 8.58. The van der Waals surface area contributed by atoms with Crippen LogP contribution in [0.15, 0.2) is 36.4 Å². The molecule has 2 aromatic rings. The van der Waals surface area contributed by atoms with Gasteiger partial charge in [0, 0.05) is 30.2 Å². The fraction of sp³-hybridized carbons (Fsp3) is 0.389. The normalized spacial score (nSPS) is 10.7. The van der Waals surface area contributed by atoms with Crippen molar-refractivity contribution >= 4 is 5.91 Å². The maximum atomic E-state index is 12.3. The molecule has 4 heteroatoms. The number of aryl methyl sites for hydroxylation is 1. The molecule has 2 N–H and O–H groups in total. The van der Waals surface area contributed by atoms with Crippen molar-refractivity contribution in [3.05, 3.63) is 53.3 Å². The van der Waals surface area contributed by atoms with Gasteiger partial charge in [-0.3, -0.25) is 4.79 Å². The van der Waals surface area contributed by atoms with Crippen LogP contribution in [-0.2, 0) is 0 Å². The SMILES string of the molecule is CCCNCCNC(=O)c1cc(C)n(-c2ccccc2)c1C. The smallest absolute Gasteiger partial charge is 0.253 e. The van der Waals surface area contributed by atoms with Crippen LogP contribution in [0.2, 0.25) is 0 Å². The van der Waals surface area contributed by atoms with Crippen LogP contribution in [0.5, 0.6) is 0 Å². The second kappa shape index (κ2) is 7.80. The van der Waals surface area contributed by atoms with Gasteiger partial charge in [-0.1, -0.05) is 25.1 Å². The van der Waals surface area contributed by atoms with Crippen molar-refractivity contribution in [2.45, 2.75) is 27.2 Å². The summed E-state index contributed by atoms with van der Waals surface area (Å²) in [5.74, 6) is -0.00594. The average Bonchev–Trinajstić information content (AvgIpc) is 2.82. The Hall–Kier alpha value is -2.07. The first-order valence-corrected chi connectivity index (χ1v) is 7.88. The molecule has 0 aliphatic rings. The van der Waals surface area contributed by atoms with Crippen LogP contribution in [0, 0.1) is 13.8 Å². The minimum absolute atomic E-state index is 0.00594. The van der Waals surface area contributed by atoms with Crippen LogP contribution < -0.4 is 10.6 Å². The Kier molecular flexibility index (Phi) is 5.78. The first-order chi connectivity index (χ1) is 10.6. The van der Waals surface area contributed by atoms with Crippen LogP contribution in [0.1, 0.15) is 35.1 Å². The number of carbonyl (C=O) groups is 1. The molecule has 22 heavy (non-hydrogen) atoms. The Morgan fingerprint density at radius 2 is 1.82 bits per heavy atom. The number of nitrogens with zero attached hydrogens (tertiary/aromatic N) is 1. The lowest BCUT2D eigenvalue weighted by Crippen LogP contribution is -2.32. The highest BCUT2D eigenvalue weighted by Gasteiger charge is 2.15. The topological polar surface area (TPSA) is 46.1 Å². The van der Waals surface area contributed by atoms with E-state index in [0.717, 1.165) is 42.1 Å². The zero-order valence-electron chi connectivity index (χ0n) is 13.6. The van der Waals surface area contributed by atoms with Crippen molar-refractivity contribution in [1.82, 2.24) is 15.2 Å². The Bertz CT molecular complexity index is 617. The van der Waals surface area contributed by atoms with Crippen molar-refractivity contribution in [1.29, 1.82) is 0 Å². The Morgan fingerprint density at radius 3 is 2.50 bits per heavy atom. The summed E-state index contributed by atoms with van der Waals surface area (Å²) in [7, 11) is 0. The number of carbonyl (C=O) groups excluding carboxylic acids is 1. The van der Waals surface area contributed by atoms with E-state index in [1.807, 2.05) is 38.1 Å². The summed E-state index contributed by atoms with van der Waals surface area (Å²) in [5, 5.41) is 6.25. The monoisotopic (exact) mass is 299 g/mol. The Morgan fingerprint density at radius 1 is 1.09 bits per heavy atom. The molecule has 0 bridgehead atoms. The lowest BCUT2D eigenvalue weighted by atomic mass is 10.2. The van der Waals surface area contributed by atoms with E-state index in [1.165, 1.54) is 0 Å². The molecule has 0 spiro atoms. The summed E-state index contributed by atoms with van der Waals surface area (Å²) in [6, 6.07) is 12.1.